The first-order valence-corrected chi connectivity index (χ1v) is 12.6. The van der Waals surface area contributed by atoms with Gasteiger partial charge in [0.05, 0.1) is 19.9 Å². The highest BCUT2D eigenvalue weighted by atomic mass is 16.5. The number of ether oxygens (including phenoxy) is 3. The van der Waals surface area contributed by atoms with Crippen LogP contribution in [0.1, 0.15) is 36.7 Å². The van der Waals surface area contributed by atoms with Crippen molar-refractivity contribution in [2.45, 2.75) is 26.2 Å². The maximum atomic E-state index is 13.0. The SMILES string of the molecule is COc1ccc(NC(=O)Nc2cc(-c3ccc(OC)c(C(=O)O)c3)ccc2Oc2ccccc2C(C)(C)C)cc1. The van der Waals surface area contributed by atoms with Crippen LogP contribution >= 0.6 is 0 Å². The van der Waals surface area contributed by atoms with Crippen LogP contribution in [0.25, 0.3) is 11.1 Å². The van der Waals surface area contributed by atoms with E-state index >= 15 is 0 Å². The molecule has 0 spiro atoms. The van der Waals surface area contributed by atoms with E-state index in [0.29, 0.717) is 39.8 Å². The van der Waals surface area contributed by atoms with Crippen molar-refractivity contribution < 1.29 is 28.9 Å². The lowest BCUT2D eigenvalue weighted by Gasteiger charge is -2.23. The second-order valence-corrected chi connectivity index (χ2v) is 10.1. The van der Waals surface area contributed by atoms with Gasteiger partial charge in [0.2, 0.25) is 0 Å². The standard InChI is InChI=1S/C32H32N2O6/c1-32(2,3)25-8-6-7-9-28(25)40-29-17-11-21(20-10-16-27(39-5)24(18-20)30(35)36)19-26(29)34-31(37)33-22-12-14-23(38-4)15-13-22/h6-19H,1-5H3,(H,35,36)(H2,33,34,37). The van der Waals surface area contributed by atoms with Crippen LogP contribution in [0.4, 0.5) is 16.2 Å². The first-order chi connectivity index (χ1) is 19.1. The molecule has 3 N–H and O–H groups in total. The molecular weight excluding hydrogens is 508 g/mol. The Balaban J connectivity index is 1.72. The lowest BCUT2D eigenvalue weighted by molar-refractivity contribution is 0.0693. The van der Waals surface area contributed by atoms with Crippen molar-refractivity contribution in [1.29, 1.82) is 0 Å². The van der Waals surface area contributed by atoms with Gasteiger partial charge >= 0.3 is 12.0 Å². The van der Waals surface area contributed by atoms with Crippen LogP contribution < -0.4 is 24.8 Å². The number of carbonyl (C=O) groups is 2. The van der Waals surface area contributed by atoms with Crippen molar-refractivity contribution in [3.63, 3.8) is 0 Å². The average Bonchev–Trinajstić information content (AvgIpc) is 2.93. The maximum Gasteiger partial charge on any atom is 0.339 e. The number of carboxylic acids is 1. The van der Waals surface area contributed by atoms with Crippen LogP contribution in [0.3, 0.4) is 0 Å². The highest BCUT2D eigenvalue weighted by Crippen LogP contribution is 2.39. The van der Waals surface area contributed by atoms with Crippen LogP contribution in [-0.4, -0.2) is 31.3 Å². The van der Waals surface area contributed by atoms with Crippen LogP contribution in [0.2, 0.25) is 0 Å². The van der Waals surface area contributed by atoms with Crippen molar-refractivity contribution in [2.75, 3.05) is 24.9 Å². The average molecular weight is 541 g/mol. The Morgan fingerprint density at radius 1 is 0.725 bits per heavy atom. The van der Waals surface area contributed by atoms with Gasteiger partial charge in [-0.1, -0.05) is 51.1 Å². The summed E-state index contributed by atoms with van der Waals surface area (Å²) in [6, 6.07) is 24.5. The van der Waals surface area contributed by atoms with E-state index in [1.54, 1.807) is 55.6 Å². The van der Waals surface area contributed by atoms with Gasteiger partial charge in [-0.05, 0) is 71.1 Å². The Morgan fingerprint density at radius 2 is 1.38 bits per heavy atom. The molecule has 0 saturated heterocycles. The number of rotatable bonds is 8. The normalized spacial score (nSPS) is 10.9. The Hall–Kier alpha value is -4.98. The molecule has 4 aromatic rings. The second kappa shape index (κ2) is 11.8. The van der Waals surface area contributed by atoms with Gasteiger partial charge in [0, 0.05) is 11.3 Å². The van der Waals surface area contributed by atoms with E-state index in [1.807, 2.05) is 30.3 Å². The summed E-state index contributed by atoms with van der Waals surface area (Å²) in [5.74, 6) is 0.922. The first-order valence-electron chi connectivity index (χ1n) is 12.6. The number of carbonyl (C=O) groups excluding carboxylic acids is 1. The third-order valence-electron chi connectivity index (χ3n) is 6.25. The Kier molecular flexibility index (Phi) is 8.29. The number of urea groups is 1. The molecule has 4 rings (SSSR count). The molecule has 40 heavy (non-hydrogen) atoms. The zero-order valence-corrected chi connectivity index (χ0v) is 23.1. The van der Waals surface area contributed by atoms with E-state index in [2.05, 4.69) is 31.4 Å². The number of para-hydroxylation sites is 1. The summed E-state index contributed by atoms with van der Waals surface area (Å²) in [7, 11) is 3.00. The van der Waals surface area contributed by atoms with Crippen LogP contribution in [0.5, 0.6) is 23.0 Å². The maximum absolute atomic E-state index is 13.0. The van der Waals surface area contributed by atoms with Crippen LogP contribution in [-0.2, 0) is 5.41 Å². The minimum Gasteiger partial charge on any atom is -0.497 e. The highest BCUT2D eigenvalue weighted by Gasteiger charge is 2.21. The lowest BCUT2D eigenvalue weighted by Crippen LogP contribution is -2.20. The monoisotopic (exact) mass is 540 g/mol. The predicted octanol–water partition coefficient (Wildman–Crippen LogP) is 7.80. The lowest BCUT2D eigenvalue weighted by atomic mass is 9.86. The molecular formula is C32H32N2O6. The molecule has 0 radical (unpaired) electrons. The molecule has 4 aromatic carbocycles. The zero-order valence-electron chi connectivity index (χ0n) is 23.1. The number of aromatic carboxylic acids is 1. The molecule has 0 aliphatic carbocycles. The van der Waals surface area contributed by atoms with Crippen molar-refractivity contribution in [1.82, 2.24) is 0 Å². The molecule has 0 heterocycles. The van der Waals surface area contributed by atoms with Gasteiger partial charge in [-0.25, -0.2) is 9.59 Å². The van der Waals surface area contributed by atoms with E-state index in [9.17, 15) is 14.7 Å². The molecule has 206 valence electrons. The number of methoxy groups -OCH3 is 2. The number of hydrogen-bond acceptors (Lipinski definition) is 5. The fourth-order valence-corrected chi connectivity index (χ4v) is 4.20. The van der Waals surface area contributed by atoms with Crippen molar-refractivity contribution in [3.05, 3.63) is 96.1 Å². The fourth-order valence-electron chi connectivity index (χ4n) is 4.20. The van der Waals surface area contributed by atoms with E-state index in [-0.39, 0.29) is 16.7 Å². The van der Waals surface area contributed by atoms with Crippen LogP contribution in [0.15, 0.2) is 84.9 Å². The minimum atomic E-state index is -1.10. The second-order valence-electron chi connectivity index (χ2n) is 10.1. The van der Waals surface area contributed by atoms with Gasteiger partial charge in [0.1, 0.15) is 22.8 Å². The van der Waals surface area contributed by atoms with Crippen molar-refractivity contribution >= 4 is 23.4 Å². The summed E-state index contributed by atoms with van der Waals surface area (Å²) in [4.78, 5) is 24.8. The van der Waals surface area contributed by atoms with E-state index in [0.717, 1.165) is 5.56 Å². The van der Waals surface area contributed by atoms with Crippen molar-refractivity contribution in [2.24, 2.45) is 0 Å². The zero-order chi connectivity index (χ0) is 28.9. The van der Waals surface area contributed by atoms with E-state index < -0.39 is 12.0 Å². The van der Waals surface area contributed by atoms with E-state index in [4.69, 9.17) is 14.2 Å². The van der Waals surface area contributed by atoms with Crippen molar-refractivity contribution in [3.8, 4) is 34.1 Å². The fraction of sp³-hybridized carbons (Fsp3) is 0.188. The molecule has 8 nitrogen and oxygen atoms in total. The Bertz CT molecular complexity index is 1520. The number of hydrogen-bond donors (Lipinski definition) is 3. The molecule has 0 aliphatic heterocycles. The van der Waals surface area contributed by atoms with Gasteiger partial charge in [0.25, 0.3) is 0 Å². The number of benzene rings is 4. The minimum absolute atomic E-state index is 0.0335. The Labute approximate surface area is 233 Å². The highest BCUT2D eigenvalue weighted by molar-refractivity contribution is 6.01. The summed E-state index contributed by atoms with van der Waals surface area (Å²) in [5, 5.41) is 15.3. The first kappa shape index (κ1) is 28.0. The van der Waals surface area contributed by atoms with Gasteiger partial charge in [-0.2, -0.15) is 0 Å². The van der Waals surface area contributed by atoms with Gasteiger partial charge in [-0.15, -0.1) is 0 Å². The van der Waals surface area contributed by atoms with Gasteiger partial charge in [-0.3, -0.25) is 0 Å². The molecule has 0 aliphatic rings. The molecule has 0 saturated carbocycles. The molecule has 2 amide bonds. The predicted molar refractivity (Wildman–Crippen MR) is 156 cm³/mol. The van der Waals surface area contributed by atoms with Gasteiger partial charge < -0.3 is 30.0 Å². The summed E-state index contributed by atoms with van der Waals surface area (Å²) in [5.41, 5.74) is 3.17. The van der Waals surface area contributed by atoms with Gasteiger partial charge in [0.15, 0.2) is 5.75 Å². The summed E-state index contributed by atoms with van der Waals surface area (Å²) in [6.07, 6.45) is 0. The topological polar surface area (TPSA) is 106 Å². The third kappa shape index (κ3) is 6.53. The molecule has 0 fully saturated rings. The smallest absolute Gasteiger partial charge is 0.339 e. The molecule has 0 atom stereocenters. The quantitative estimate of drug-likeness (QED) is 0.211. The Morgan fingerprint density at radius 3 is 2.00 bits per heavy atom. The number of amides is 2. The molecule has 8 heteroatoms. The summed E-state index contributed by atoms with van der Waals surface area (Å²) in [6.45, 7) is 6.30. The summed E-state index contributed by atoms with van der Waals surface area (Å²) < 4.78 is 16.7. The number of carboxylic acid groups (broad SMARTS) is 1. The van der Waals surface area contributed by atoms with E-state index in [1.165, 1.54) is 13.2 Å². The molecule has 0 bridgehead atoms. The number of anilines is 2. The summed E-state index contributed by atoms with van der Waals surface area (Å²) >= 11 is 0. The largest absolute Gasteiger partial charge is 0.497 e. The molecule has 0 aromatic heterocycles. The van der Waals surface area contributed by atoms with Crippen LogP contribution in [0, 0.1) is 0 Å². The molecule has 0 unspecified atom stereocenters. The third-order valence-corrected chi connectivity index (χ3v) is 6.25. The number of nitrogens with one attached hydrogen (secondary N) is 2.